The number of phenols is 1. The van der Waals surface area contributed by atoms with Crippen LogP contribution < -0.4 is 0 Å². The number of aliphatic imine (C=N–C) groups is 1. The van der Waals surface area contributed by atoms with Crippen LogP contribution in [0.15, 0.2) is 64.9 Å². The van der Waals surface area contributed by atoms with Gasteiger partial charge in [0.05, 0.1) is 0 Å². The Kier molecular flexibility index (Phi) is 6.23. The molecule has 1 unspecified atom stereocenters. The van der Waals surface area contributed by atoms with Crippen LogP contribution in [-0.4, -0.2) is 45.2 Å². The van der Waals surface area contributed by atoms with Gasteiger partial charge in [-0.3, -0.25) is 9.88 Å². The third-order valence-corrected chi connectivity index (χ3v) is 4.34. The molecule has 1 aromatic carbocycles. The van der Waals surface area contributed by atoms with Gasteiger partial charge in [-0.2, -0.15) is 4.98 Å². The summed E-state index contributed by atoms with van der Waals surface area (Å²) in [4.78, 5) is 14.5. The summed E-state index contributed by atoms with van der Waals surface area (Å²) in [5.41, 5.74) is 2.26. The molecule has 29 heavy (non-hydrogen) atoms. The van der Waals surface area contributed by atoms with Gasteiger partial charge in [0.2, 0.25) is 5.82 Å². The smallest absolute Gasteiger partial charge is 0.292 e. The minimum absolute atomic E-state index is 0.127. The fourth-order valence-electron chi connectivity index (χ4n) is 2.70. The van der Waals surface area contributed by atoms with E-state index in [9.17, 15) is 5.11 Å². The molecular formula is C21H23N5O3. The molecule has 0 amide bonds. The Morgan fingerprint density at radius 1 is 1.31 bits per heavy atom. The number of aromatic hydroxyl groups is 1. The number of phenolic OH excluding ortho intramolecular Hbond substituents is 1. The van der Waals surface area contributed by atoms with Gasteiger partial charge in [0.1, 0.15) is 5.75 Å². The standard InChI is InChI=1S/C21H23N5O3/c1-5-18(19-24-20(29-25-19)16-7-6-8-17(27)13-16)28-21(22-3)26(4)14(2)15-9-11-23-12-10-15/h6-13,18,27H,2,5H2,1,3-4H3. The van der Waals surface area contributed by atoms with E-state index in [0.717, 1.165) is 11.3 Å². The minimum Gasteiger partial charge on any atom is -0.508 e. The van der Waals surface area contributed by atoms with E-state index < -0.39 is 6.10 Å². The number of amidine groups is 1. The fraction of sp³-hybridized carbons (Fsp3) is 0.238. The number of pyridine rings is 1. The molecule has 3 aromatic rings. The van der Waals surface area contributed by atoms with Crippen LogP contribution in [0.2, 0.25) is 0 Å². The molecule has 0 bridgehead atoms. The van der Waals surface area contributed by atoms with Gasteiger partial charge in [-0.25, -0.2) is 4.99 Å². The molecule has 0 radical (unpaired) electrons. The van der Waals surface area contributed by atoms with E-state index in [4.69, 9.17) is 9.26 Å². The molecule has 2 aromatic heterocycles. The van der Waals surface area contributed by atoms with Crippen molar-refractivity contribution in [3.05, 3.63) is 66.8 Å². The van der Waals surface area contributed by atoms with Crippen LogP contribution in [-0.2, 0) is 4.74 Å². The van der Waals surface area contributed by atoms with Crippen LogP contribution in [0, 0.1) is 0 Å². The highest BCUT2D eigenvalue weighted by molar-refractivity contribution is 5.84. The molecule has 0 saturated heterocycles. The Morgan fingerprint density at radius 3 is 2.72 bits per heavy atom. The average Bonchev–Trinajstić information content (AvgIpc) is 3.24. The van der Waals surface area contributed by atoms with Crippen LogP contribution in [0.25, 0.3) is 17.2 Å². The number of ether oxygens (including phenoxy) is 1. The summed E-state index contributed by atoms with van der Waals surface area (Å²) in [7, 11) is 3.47. The maximum absolute atomic E-state index is 9.65. The zero-order valence-electron chi connectivity index (χ0n) is 16.6. The Bertz CT molecular complexity index is 1000. The third kappa shape index (κ3) is 4.60. The summed E-state index contributed by atoms with van der Waals surface area (Å²) in [6, 6.07) is 10.7. The largest absolute Gasteiger partial charge is 0.508 e. The van der Waals surface area contributed by atoms with Crippen molar-refractivity contribution < 1.29 is 14.4 Å². The van der Waals surface area contributed by atoms with E-state index in [-0.39, 0.29) is 5.75 Å². The van der Waals surface area contributed by atoms with Gasteiger partial charge >= 0.3 is 0 Å². The van der Waals surface area contributed by atoms with E-state index >= 15 is 0 Å². The predicted octanol–water partition coefficient (Wildman–Crippen LogP) is 3.89. The molecule has 0 aliphatic rings. The van der Waals surface area contributed by atoms with E-state index in [1.807, 2.05) is 26.1 Å². The zero-order chi connectivity index (χ0) is 20.8. The molecule has 2 heterocycles. The summed E-state index contributed by atoms with van der Waals surface area (Å²) in [5.74, 6) is 0.833. The van der Waals surface area contributed by atoms with Crippen molar-refractivity contribution in [1.82, 2.24) is 20.0 Å². The van der Waals surface area contributed by atoms with Crippen LogP contribution >= 0.6 is 0 Å². The summed E-state index contributed by atoms with van der Waals surface area (Å²) in [5, 5.41) is 13.7. The molecule has 8 nitrogen and oxygen atoms in total. The van der Waals surface area contributed by atoms with E-state index in [1.54, 1.807) is 48.6 Å². The molecule has 8 heteroatoms. The van der Waals surface area contributed by atoms with Crippen molar-refractivity contribution >= 4 is 11.7 Å². The van der Waals surface area contributed by atoms with Gasteiger partial charge in [-0.1, -0.05) is 24.7 Å². The number of hydrogen-bond donors (Lipinski definition) is 1. The van der Waals surface area contributed by atoms with Gasteiger partial charge in [-0.05, 0) is 36.8 Å². The highest BCUT2D eigenvalue weighted by Crippen LogP contribution is 2.26. The van der Waals surface area contributed by atoms with E-state index in [2.05, 4.69) is 26.7 Å². The second kappa shape index (κ2) is 9.01. The second-order valence-electron chi connectivity index (χ2n) is 6.27. The van der Waals surface area contributed by atoms with Gasteiger partial charge in [-0.15, -0.1) is 0 Å². The van der Waals surface area contributed by atoms with Crippen molar-refractivity contribution in [1.29, 1.82) is 0 Å². The summed E-state index contributed by atoms with van der Waals surface area (Å²) < 4.78 is 11.4. The number of nitrogens with zero attached hydrogens (tertiary/aromatic N) is 5. The summed E-state index contributed by atoms with van der Waals surface area (Å²) in [6.07, 6.45) is 3.55. The van der Waals surface area contributed by atoms with Crippen molar-refractivity contribution in [3.63, 3.8) is 0 Å². The summed E-state index contributed by atoms with van der Waals surface area (Å²) >= 11 is 0. The molecule has 0 aliphatic carbocycles. The molecule has 1 atom stereocenters. The lowest BCUT2D eigenvalue weighted by molar-refractivity contribution is 0.151. The van der Waals surface area contributed by atoms with Gasteiger partial charge in [0.25, 0.3) is 11.9 Å². The van der Waals surface area contributed by atoms with Gasteiger partial charge < -0.3 is 14.4 Å². The topological polar surface area (TPSA) is 96.9 Å². The maximum Gasteiger partial charge on any atom is 0.292 e. The highest BCUT2D eigenvalue weighted by Gasteiger charge is 2.23. The molecular weight excluding hydrogens is 370 g/mol. The quantitative estimate of drug-likeness (QED) is 0.501. The Labute approximate surface area is 169 Å². The Hall–Kier alpha value is -3.68. The minimum atomic E-state index is -0.462. The fourth-order valence-corrected chi connectivity index (χ4v) is 2.70. The molecule has 0 spiro atoms. The lowest BCUT2D eigenvalue weighted by Gasteiger charge is -2.25. The predicted molar refractivity (Wildman–Crippen MR) is 110 cm³/mol. The second-order valence-corrected chi connectivity index (χ2v) is 6.27. The monoisotopic (exact) mass is 393 g/mol. The van der Waals surface area contributed by atoms with Crippen molar-refractivity contribution in [2.24, 2.45) is 4.99 Å². The van der Waals surface area contributed by atoms with Gasteiger partial charge in [0.15, 0.2) is 6.10 Å². The van der Waals surface area contributed by atoms with Crippen LogP contribution in [0.1, 0.15) is 30.8 Å². The van der Waals surface area contributed by atoms with E-state index in [1.165, 1.54) is 0 Å². The van der Waals surface area contributed by atoms with Crippen molar-refractivity contribution in [3.8, 4) is 17.2 Å². The first-order valence-electron chi connectivity index (χ1n) is 9.13. The van der Waals surface area contributed by atoms with Crippen LogP contribution in [0.5, 0.6) is 5.75 Å². The molecule has 0 aliphatic heterocycles. The maximum atomic E-state index is 9.65. The number of benzene rings is 1. The lowest BCUT2D eigenvalue weighted by Crippen LogP contribution is -2.29. The highest BCUT2D eigenvalue weighted by atomic mass is 16.5. The zero-order valence-corrected chi connectivity index (χ0v) is 16.6. The van der Waals surface area contributed by atoms with Crippen LogP contribution in [0.4, 0.5) is 0 Å². The molecule has 150 valence electrons. The van der Waals surface area contributed by atoms with Crippen molar-refractivity contribution in [2.45, 2.75) is 19.4 Å². The SMILES string of the molecule is C=C(c1ccncc1)N(C)C(=NC)OC(CC)c1noc(-c2cccc(O)c2)n1. The third-order valence-electron chi connectivity index (χ3n) is 4.34. The van der Waals surface area contributed by atoms with E-state index in [0.29, 0.717) is 29.7 Å². The number of hydrogen-bond acceptors (Lipinski definition) is 7. The Morgan fingerprint density at radius 2 is 2.07 bits per heavy atom. The summed E-state index contributed by atoms with van der Waals surface area (Å²) in [6.45, 7) is 6.07. The number of rotatable bonds is 6. The molecule has 0 fully saturated rings. The molecule has 1 N–H and O–H groups in total. The Balaban J connectivity index is 1.77. The lowest BCUT2D eigenvalue weighted by atomic mass is 10.2. The van der Waals surface area contributed by atoms with Crippen molar-refractivity contribution in [2.75, 3.05) is 14.1 Å². The van der Waals surface area contributed by atoms with Gasteiger partial charge in [0, 0.05) is 43.3 Å². The first-order valence-corrected chi connectivity index (χ1v) is 9.13. The molecule has 0 saturated carbocycles. The number of aromatic nitrogens is 3. The first kappa shape index (κ1) is 20.1. The normalized spacial score (nSPS) is 12.4. The molecule has 3 rings (SSSR count). The average molecular weight is 393 g/mol. The van der Waals surface area contributed by atoms with Crippen LogP contribution in [0.3, 0.4) is 0 Å². The first-order chi connectivity index (χ1) is 14.0.